The van der Waals surface area contributed by atoms with Crippen molar-refractivity contribution < 1.29 is 0 Å². The second kappa shape index (κ2) is 9.24. The third-order valence-corrected chi connectivity index (χ3v) is 8.16. The van der Waals surface area contributed by atoms with Crippen LogP contribution in [0.25, 0.3) is 66.1 Å². The first kappa shape index (κ1) is 23.8. The normalized spacial score (nSPS) is 11.3. The molecule has 42 heavy (non-hydrogen) atoms. The van der Waals surface area contributed by atoms with Gasteiger partial charge in [0.25, 0.3) is 0 Å². The first-order valence-electron chi connectivity index (χ1n) is 13.8. The molecule has 0 saturated heterocycles. The molecule has 8 aromatic rings. The average Bonchev–Trinajstić information content (AvgIpc) is 3.57. The molecule has 0 bridgehead atoms. The van der Waals surface area contributed by atoms with Gasteiger partial charge in [0.2, 0.25) is 0 Å². The van der Waals surface area contributed by atoms with E-state index in [1.165, 1.54) is 21.8 Å². The number of fused-ring (bicyclic) bond motifs is 6. The Balaban J connectivity index is 1.38. The van der Waals surface area contributed by atoms with E-state index in [-0.39, 0.29) is 0 Å². The van der Waals surface area contributed by atoms with Crippen LogP contribution < -0.4 is 0 Å². The summed E-state index contributed by atoms with van der Waals surface area (Å²) >= 11 is 0. The molecule has 6 aromatic carbocycles. The lowest BCUT2D eigenvalue weighted by atomic mass is 10.0. The van der Waals surface area contributed by atoms with Crippen molar-refractivity contribution in [1.29, 1.82) is 10.5 Å². The highest BCUT2D eigenvalue weighted by Crippen LogP contribution is 2.38. The van der Waals surface area contributed by atoms with Crippen molar-refractivity contribution in [3.8, 4) is 34.6 Å². The molecule has 0 aliphatic heterocycles. The SMILES string of the molecule is N#Cc1ccc2c(c1)c1cc(C#N)ccc1n2-c1cccc(-c2ccccc2-n2c3ccccc3c3ccccc32)c1. The van der Waals surface area contributed by atoms with Crippen LogP contribution in [0.5, 0.6) is 0 Å². The second-order valence-electron chi connectivity index (χ2n) is 10.5. The van der Waals surface area contributed by atoms with Gasteiger partial charge < -0.3 is 9.13 Å². The van der Waals surface area contributed by atoms with E-state index in [9.17, 15) is 10.5 Å². The lowest BCUT2D eigenvalue weighted by Gasteiger charge is -2.15. The van der Waals surface area contributed by atoms with Crippen LogP contribution in [0.15, 0.2) is 133 Å². The largest absolute Gasteiger partial charge is 0.309 e. The summed E-state index contributed by atoms with van der Waals surface area (Å²) in [6.07, 6.45) is 0. The highest BCUT2D eigenvalue weighted by molar-refractivity contribution is 6.11. The molecule has 8 rings (SSSR count). The molecule has 0 amide bonds. The minimum Gasteiger partial charge on any atom is -0.309 e. The average molecular weight is 535 g/mol. The van der Waals surface area contributed by atoms with Crippen LogP contribution in [-0.2, 0) is 0 Å². The first-order chi connectivity index (χ1) is 20.7. The number of nitriles is 2. The molecule has 0 fully saturated rings. The number of aromatic nitrogens is 2. The van der Waals surface area contributed by atoms with Gasteiger partial charge in [-0.25, -0.2) is 0 Å². The minimum absolute atomic E-state index is 0.595. The summed E-state index contributed by atoms with van der Waals surface area (Å²) in [5.74, 6) is 0. The van der Waals surface area contributed by atoms with Gasteiger partial charge in [0.05, 0.1) is 51.0 Å². The number of para-hydroxylation sites is 3. The zero-order valence-corrected chi connectivity index (χ0v) is 22.5. The monoisotopic (exact) mass is 534 g/mol. The van der Waals surface area contributed by atoms with Gasteiger partial charge in [-0.1, -0.05) is 66.7 Å². The quantitative estimate of drug-likeness (QED) is 0.227. The second-order valence-corrected chi connectivity index (χ2v) is 10.5. The van der Waals surface area contributed by atoms with Crippen molar-refractivity contribution in [2.24, 2.45) is 0 Å². The summed E-state index contributed by atoms with van der Waals surface area (Å²) in [6, 6.07) is 50.3. The van der Waals surface area contributed by atoms with Crippen molar-refractivity contribution in [2.45, 2.75) is 0 Å². The van der Waals surface area contributed by atoms with E-state index in [0.717, 1.165) is 44.3 Å². The van der Waals surface area contributed by atoms with E-state index in [0.29, 0.717) is 11.1 Å². The van der Waals surface area contributed by atoms with Crippen molar-refractivity contribution >= 4 is 43.6 Å². The predicted molar refractivity (Wildman–Crippen MR) is 170 cm³/mol. The van der Waals surface area contributed by atoms with Crippen LogP contribution in [0.2, 0.25) is 0 Å². The summed E-state index contributed by atoms with van der Waals surface area (Å²) < 4.78 is 4.58. The van der Waals surface area contributed by atoms with Gasteiger partial charge in [-0.05, 0) is 72.3 Å². The van der Waals surface area contributed by atoms with Crippen molar-refractivity contribution in [3.05, 3.63) is 145 Å². The van der Waals surface area contributed by atoms with Gasteiger partial charge in [0.15, 0.2) is 0 Å². The number of hydrogen-bond acceptors (Lipinski definition) is 2. The fourth-order valence-electron chi connectivity index (χ4n) is 6.35. The van der Waals surface area contributed by atoms with Gasteiger partial charge in [-0.2, -0.15) is 10.5 Å². The molecule has 0 radical (unpaired) electrons. The zero-order valence-electron chi connectivity index (χ0n) is 22.5. The van der Waals surface area contributed by atoms with E-state index in [2.05, 4.69) is 118 Å². The first-order valence-corrected chi connectivity index (χ1v) is 13.8. The highest BCUT2D eigenvalue weighted by Gasteiger charge is 2.17. The molecule has 0 aliphatic carbocycles. The van der Waals surface area contributed by atoms with Gasteiger partial charge >= 0.3 is 0 Å². The smallest absolute Gasteiger partial charge is 0.0991 e. The lowest BCUT2D eigenvalue weighted by molar-refractivity contribution is 1.17. The van der Waals surface area contributed by atoms with E-state index < -0.39 is 0 Å². The minimum atomic E-state index is 0.595. The Morgan fingerprint density at radius 2 is 0.976 bits per heavy atom. The molecule has 2 aromatic heterocycles. The van der Waals surface area contributed by atoms with Gasteiger partial charge in [-0.15, -0.1) is 0 Å². The Bertz CT molecular complexity index is 2320. The highest BCUT2D eigenvalue weighted by atomic mass is 15.0. The Labute approximate surface area is 242 Å². The molecule has 2 heterocycles. The van der Waals surface area contributed by atoms with Gasteiger partial charge in [0, 0.05) is 32.8 Å². The fraction of sp³-hybridized carbons (Fsp3) is 0. The fourth-order valence-corrected chi connectivity index (χ4v) is 6.35. The van der Waals surface area contributed by atoms with Crippen LogP contribution in [0.1, 0.15) is 11.1 Å². The Kier molecular flexibility index (Phi) is 5.22. The topological polar surface area (TPSA) is 57.4 Å². The molecule has 4 nitrogen and oxygen atoms in total. The summed E-state index contributed by atoms with van der Waals surface area (Å²) in [6.45, 7) is 0. The summed E-state index contributed by atoms with van der Waals surface area (Å²) in [5, 5.41) is 23.5. The van der Waals surface area contributed by atoms with Crippen molar-refractivity contribution in [3.63, 3.8) is 0 Å². The Morgan fingerprint density at radius 1 is 0.429 bits per heavy atom. The van der Waals surface area contributed by atoms with Crippen LogP contribution in [0.3, 0.4) is 0 Å². The molecular weight excluding hydrogens is 512 g/mol. The molecular formula is C38H22N4. The van der Waals surface area contributed by atoms with Gasteiger partial charge in [0.1, 0.15) is 0 Å². The summed E-state index contributed by atoms with van der Waals surface area (Å²) in [4.78, 5) is 0. The van der Waals surface area contributed by atoms with Gasteiger partial charge in [-0.3, -0.25) is 0 Å². The predicted octanol–water partition coefficient (Wildman–Crippen LogP) is 9.29. The number of benzene rings is 6. The standard InChI is InChI=1S/C38H22N4/c39-23-25-16-18-37-32(20-25)33-21-26(24-40)17-19-38(33)41(37)28-9-7-8-27(22-28)29-10-1-4-13-34(29)42-35-14-5-2-11-30(35)31-12-3-6-15-36(31)42/h1-22H. The van der Waals surface area contributed by atoms with Crippen LogP contribution in [0, 0.1) is 22.7 Å². The van der Waals surface area contributed by atoms with E-state index in [1.807, 2.05) is 36.4 Å². The Hall–Kier alpha value is -6.10. The number of hydrogen-bond donors (Lipinski definition) is 0. The molecule has 0 aliphatic rings. The number of rotatable bonds is 3. The van der Waals surface area contributed by atoms with E-state index in [4.69, 9.17) is 0 Å². The molecule has 0 unspecified atom stereocenters. The van der Waals surface area contributed by atoms with Crippen LogP contribution in [0.4, 0.5) is 0 Å². The molecule has 0 N–H and O–H groups in total. The molecule has 0 spiro atoms. The van der Waals surface area contributed by atoms with Crippen LogP contribution in [-0.4, -0.2) is 9.13 Å². The third kappa shape index (κ3) is 3.47. The summed E-state index contributed by atoms with van der Waals surface area (Å²) in [7, 11) is 0. The summed E-state index contributed by atoms with van der Waals surface area (Å²) in [5.41, 5.74) is 9.88. The zero-order chi connectivity index (χ0) is 28.2. The molecule has 194 valence electrons. The maximum atomic E-state index is 9.58. The molecule has 4 heteroatoms. The molecule has 0 saturated carbocycles. The maximum Gasteiger partial charge on any atom is 0.0991 e. The Morgan fingerprint density at radius 3 is 1.60 bits per heavy atom. The van der Waals surface area contributed by atoms with E-state index >= 15 is 0 Å². The maximum absolute atomic E-state index is 9.58. The van der Waals surface area contributed by atoms with Crippen molar-refractivity contribution in [2.75, 3.05) is 0 Å². The van der Waals surface area contributed by atoms with E-state index in [1.54, 1.807) is 0 Å². The lowest BCUT2D eigenvalue weighted by Crippen LogP contribution is -1.98. The number of nitrogens with zero attached hydrogens (tertiary/aromatic N) is 4. The third-order valence-electron chi connectivity index (χ3n) is 8.16. The molecule has 0 atom stereocenters. The van der Waals surface area contributed by atoms with Crippen molar-refractivity contribution in [1.82, 2.24) is 9.13 Å². The van der Waals surface area contributed by atoms with Crippen LogP contribution >= 0.6 is 0 Å².